The summed E-state index contributed by atoms with van der Waals surface area (Å²) in [4.78, 5) is 16.9. The minimum atomic E-state index is -3.73. The fraction of sp³-hybridized carbons (Fsp3) is 0.250. The second-order valence-electron chi connectivity index (χ2n) is 8.48. The predicted octanol–water partition coefficient (Wildman–Crippen LogP) is 3.66. The van der Waals surface area contributed by atoms with Gasteiger partial charge in [-0.1, -0.05) is 6.07 Å². The normalized spacial score (nSPS) is 17.1. The van der Waals surface area contributed by atoms with Crippen molar-refractivity contribution in [3.63, 3.8) is 0 Å². The zero-order valence-electron chi connectivity index (χ0n) is 18.8. The number of hydrogen-bond acceptors (Lipinski definition) is 7. The standard InChI is InChI=1S/C24H23FN2O6S/c1-14-4-7-22(26-12-14)27-23(29)15-8-18(17-11-24(2,13-28)33-19(17)9-15)32-20-10-16(25)5-6-21(20)34(3,30)31/h4-10,12,28H,11,13H2,1-3H3,(H,26,27,29). The van der Waals surface area contributed by atoms with E-state index in [1.807, 2.05) is 6.92 Å². The fourth-order valence-corrected chi connectivity index (χ4v) is 4.37. The number of aliphatic hydroxyl groups excluding tert-OH is 1. The number of aliphatic hydroxyl groups is 1. The van der Waals surface area contributed by atoms with E-state index in [4.69, 9.17) is 9.47 Å². The molecule has 1 amide bonds. The van der Waals surface area contributed by atoms with Crippen LogP contribution in [-0.4, -0.2) is 42.9 Å². The summed E-state index contributed by atoms with van der Waals surface area (Å²) in [5.41, 5.74) is 0.635. The number of carbonyl (C=O) groups excluding carboxylic acids is 1. The molecular formula is C24H23FN2O6S. The van der Waals surface area contributed by atoms with Crippen LogP contribution in [0.15, 0.2) is 53.6 Å². The number of aromatic nitrogens is 1. The average Bonchev–Trinajstić information content (AvgIpc) is 3.12. The number of amides is 1. The van der Waals surface area contributed by atoms with Crippen molar-refractivity contribution >= 4 is 21.6 Å². The number of anilines is 1. The molecule has 0 aliphatic carbocycles. The molecule has 4 rings (SSSR count). The van der Waals surface area contributed by atoms with Gasteiger partial charge < -0.3 is 19.9 Å². The minimum absolute atomic E-state index is 0.118. The Labute approximate surface area is 196 Å². The molecule has 1 aromatic heterocycles. The fourth-order valence-electron chi connectivity index (χ4n) is 3.59. The smallest absolute Gasteiger partial charge is 0.257 e. The first-order chi connectivity index (χ1) is 16.0. The van der Waals surface area contributed by atoms with Crippen molar-refractivity contribution in [1.82, 2.24) is 4.98 Å². The molecule has 34 heavy (non-hydrogen) atoms. The highest BCUT2D eigenvalue weighted by Gasteiger charge is 2.37. The summed E-state index contributed by atoms with van der Waals surface area (Å²) in [7, 11) is -3.73. The molecule has 2 aromatic carbocycles. The molecule has 0 saturated heterocycles. The molecule has 2 N–H and O–H groups in total. The van der Waals surface area contributed by atoms with Crippen molar-refractivity contribution in [3.8, 4) is 17.2 Å². The number of carbonyl (C=O) groups is 1. The first kappa shape index (κ1) is 23.7. The number of hydrogen-bond donors (Lipinski definition) is 2. The molecule has 0 spiro atoms. The second-order valence-corrected chi connectivity index (χ2v) is 10.5. The Morgan fingerprint density at radius 3 is 2.65 bits per heavy atom. The Morgan fingerprint density at radius 1 is 1.24 bits per heavy atom. The van der Waals surface area contributed by atoms with Crippen molar-refractivity contribution in [2.24, 2.45) is 0 Å². The van der Waals surface area contributed by atoms with E-state index in [9.17, 15) is 22.7 Å². The van der Waals surface area contributed by atoms with Crippen molar-refractivity contribution in [1.29, 1.82) is 0 Å². The van der Waals surface area contributed by atoms with Gasteiger partial charge in [0, 0.05) is 36.1 Å². The van der Waals surface area contributed by atoms with Crippen molar-refractivity contribution in [2.75, 3.05) is 18.2 Å². The number of ether oxygens (including phenoxy) is 2. The van der Waals surface area contributed by atoms with Crippen molar-refractivity contribution in [2.45, 2.75) is 30.8 Å². The highest BCUT2D eigenvalue weighted by atomic mass is 32.2. The van der Waals surface area contributed by atoms with Crippen LogP contribution >= 0.6 is 0 Å². The summed E-state index contributed by atoms with van der Waals surface area (Å²) in [6.07, 6.45) is 2.83. The quantitative estimate of drug-likeness (QED) is 0.511. The van der Waals surface area contributed by atoms with E-state index >= 15 is 0 Å². The minimum Gasteiger partial charge on any atom is -0.484 e. The predicted molar refractivity (Wildman–Crippen MR) is 123 cm³/mol. The van der Waals surface area contributed by atoms with E-state index in [2.05, 4.69) is 10.3 Å². The number of nitrogens with zero attached hydrogens (tertiary/aromatic N) is 1. The molecule has 1 aliphatic heterocycles. The first-order valence-electron chi connectivity index (χ1n) is 10.4. The molecule has 10 heteroatoms. The number of rotatable bonds is 6. The average molecular weight is 487 g/mol. The van der Waals surface area contributed by atoms with Gasteiger partial charge in [-0.15, -0.1) is 0 Å². The highest BCUT2D eigenvalue weighted by molar-refractivity contribution is 7.90. The lowest BCUT2D eigenvalue weighted by Crippen LogP contribution is -2.34. The van der Waals surface area contributed by atoms with Crippen LogP contribution in [0, 0.1) is 12.7 Å². The number of sulfone groups is 1. The van der Waals surface area contributed by atoms with Crippen LogP contribution in [0.4, 0.5) is 10.2 Å². The van der Waals surface area contributed by atoms with Gasteiger partial charge in [0.05, 0.1) is 6.61 Å². The van der Waals surface area contributed by atoms with E-state index in [1.165, 1.54) is 12.1 Å². The first-order valence-corrected chi connectivity index (χ1v) is 12.2. The lowest BCUT2D eigenvalue weighted by Gasteiger charge is -2.20. The number of aryl methyl sites for hydroxylation is 1. The third-order valence-corrected chi connectivity index (χ3v) is 6.49. The third-order valence-electron chi connectivity index (χ3n) is 5.35. The maximum Gasteiger partial charge on any atom is 0.257 e. The molecule has 1 aliphatic rings. The van der Waals surface area contributed by atoms with Crippen molar-refractivity contribution in [3.05, 3.63) is 71.2 Å². The Bertz CT molecular complexity index is 1370. The summed E-state index contributed by atoms with van der Waals surface area (Å²) in [6.45, 7) is 3.26. The van der Waals surface area contributed by atoms with Crippen LogP contribution in [0.3, 0.4) is 0 Å². The largest absolute Gasteiger partial charge is 0.484 e. The Morgan fingerprint density at radius 2 is 2.00 bits per heavy atom. The molecule has 178 valence electrons. The van der Waals surface area contributed by atoms with E-state index < -0.39 is 27.2 Å². The molecule has 8 nitrogen and oxygen atoms in total. The third kappa shape index (κ3) is 4.87. The van der Waals surface area contributed by atoms with Crippen LogP contribution in [0.2, 0.25) is 0 Å². The van der Waals surface area contributed by atoms with E-state index in [1.54, 1.807) is 25.3 Å². The maximum absolute atomic E-state index is 14.0. The number of nitrogens with one attached hydrogen (secondary N) is 1. The van der Waals surface area contributed by atoms with Gasteiger partial charge in [0.2, 0.25) is 0 Å². The maximum atomic E-state index is 14.0. The van der Waals surface area contributed by atoms with E-state index in [-0.39, 0.29) is 35.0 Å². The number of halogens is 1. The lowest BCUT2D eigenvalue weighted by atomic mass is 9.98. The molecule has 1 unspecified atom stereocenters. The zero-order valence-corrected chi connectivity index (χ0v) is 19.6. The molecule has 1 atom stereocenters. The molecule has 0 bridgehead atoms. The highest BCUT2D eigenvalue weighted by Crippen LogP contribution is 2.44. The van der Waals surface area contributed by atoms with Crippen LogP contribution in [0.1, 0.15) is 28.4 Å². The molecule has 2 heterocycles. The molecule has 3 aromatic rings. The van der Waals surface area contributed by atoms with Gasteiger partial charge >= 0.3 is 0 Å². The van der Waals surface area contributed by atoms with Gasteiger partial charge in [-0.05, 0) is 49.7 Å². The summed E-state index contributed by atoms with van der Waals surface area (Å²) in [6, 6.07) is 9.50. The number of fused-ring (bicyclic) bond motifs is 1. The van der Waals surface area contributed by atoms with Gasteiger partial charge in [-0.3, -0.25) is 4.79 Å². The van der Waals surface area contributed by atoms with Gasteiger partial charge in [0.15, 0.2) is 9.84 Å². The molecule has 0 radical (unpaired) electrons. The van der Waals surface area contributed by atoms with Gasteiger partial charge in [-0.25, -0.2) is 17.8 Å². The summed E-state index contributed by atoms with van der Waals surface area (Å²) < 4.78 is 50.1. The van der Waals surface area contributed by atoms with Crippen LogP contribution in [0.25, 0.3) is 0 Å². The summed E-state index contributed by atoms with van der Waals surface area (Å²) in [5.74, 6) is -0.660. The number of pyridine rings is 1. The van der Waals surface area contributed by atoms with E-state index in [0.717, 1.165) is 30.0 Å². The van der Waals surface area contributed by atoms with Gasteiger partial charge in [-0.2, -0.15) is 0 Å². The second kappa shape index (κ2) is 8.69. The Kier molecular flexibility index (Phi) is 6.05. The Hall–Kier alpha value is -3.50. The van der Waals surface area contributed by atoms with Gasteiger partial charge in [0.25, 0.3) is 5.91 Å². The molecule has 0 fully saturated rings. The monoisotopic (exact) mass is 486 g/mol. The van der Waals surface area contributed by atoms with Crippen LogP contribution in [-0.2, 0) is 16.3 Å². The zero-order chi connectivity index (χ0) is 24.7. The van der Waals surface area contributed by atoms with Crippen LogP contribution < -0.4 is 14.8 Å². The SMILES string of the molecule is Cc1ccc(NC(=O)c2cc(Oc3cc(F)ccc3S(C)(=O)=O)c3c(c2)OC(C)(CO)C3)nc1. The van der Waals surface area contributed by atoms with Crippen LogP contribution in [0.5, 0.6) is 17.2 Å². The Balaban J connectivity index is 1.77. The molecular weight excluding hydrogens is 463 g/mol. The van der Waals surface area contributed by atoms with Crippen molar-refractivity contribution < 1.29 is 32.2 Å². The summed E-state index contributed by atoms with van der Waals surface area (Å²) >= 11 is 0. The topological polar surface area (TPSA) is 115 Å². The summed E-state index contributed by atoms with van der Waals surface area (Å²) in [5, 5.41) is 12.5. The van der Waals surface area contributed by atoms with E-state index in [0.29, 0.717) is 17.1 Å². The lowest BCUT2D eigenvalue weighted by molar-refractivity contribution is 0.0445. The van der Waals surface area contributed by atoms with Gasteiger partial charge in [0.1, 0.15) is 39.4 Å². The number of benzene rings is 2. The molecule has 0 saturated carbocycles.